The highest BCUT2D eigenvalue weighted by Crippen LogP contribution is 2.20. The second kappa shape index (κ2) is 10.2. The number of likely N-dealkylation sites (tertiary alicyclic amines) is 1. The topological polar surface area (TPSA) is 55.9 Å². The van der Waals surface area contributed by atoms with Crippen LogP contribution in [-0.4, -0.2) is 78.4 Å². The number of amides is 2. The quantitative estimate of drug-likeness (QED) is 0.798. The number of aryl methyl sites for hydroxylation is 1. The number of benzene rings is 1. The number of hydrogen-bond acceptors (Lipinski definition) is 4. The molecule has 1 aromatic carbocycles. The average Bonchev–Trinajstić information content (AvgIpc) is 2.72. The molecule has 29 heavy (non-hydrogen) atoms. The van der Waals surface area contributed by atoms with Crippen molar-refractivity contribution in [2.75, 3.05) is 51.1 Å². The van der Waals surface area contributed by atoms with Gasteiger partial charge in [0.2, 0.25) is 11.8 Å². The van der Waals surface area contributed by atoms with Gasteiger partial charge in [0, 0.05) is 44.5 Å². The largest absolute Gasteiger partial charge is 0.339 e. The molecule has 2 aliphatic heterocycles. The number of nitrogens with zero attached hydrogens (tertiary/aromatic N) is 3. The Morgan fingerprint density at radius 1 is 1.00 bits per heavy atom. The molecule has 6 nitrogen and oxygen atoms in total. The third kappa shape index (κ3) is 5.80. The van der Waals surface area contributed by atoms with Crippen molar-refractivity contribution in [3.63, 3.8) is 0 Å². The van der Waals surface area contributed by atoms with Gasteiger partial charge in [0.25, 0.3) is 0 Å². The first-order valence-electron chi connectivity index (χ1n) is 11.1. The number of nitrogens with one attached hydrogen (secondary N) is 1. The SMILES string of the molecule is CCC1CCCCN1C(=O)CN1CCN(CC(=O)Nc2cccc(C)c2C)CC1. The third-order valence-corrected chi connectivity index (χ3v) is 6.49. The fourth-order valence-corrected chi connectivity index (χ4v) is 4.42. The van der Waals surface area contributed by atoms with Crippen LogP contribution in [0.3, 0.4) is 0 Å². The maximum absolute atomic E-state index is 12.8. The molecule has 160 valence electrons. The van der Waals surface area contributed by atoms with E-state index in [2.05, 4.69) is 39.9 Å². The van der Waals surface area contributed by atoms with Crippen LogP contribution >= 0.6 is 0 Å². The Labute approximate surface area is 175 Å². The van der Waals surface area contributed by atoms with E-state index in [0.29, 0.717) is 19.1 Å². The van der Waals surface area contributed by atoms with Crippen LogP contribution in [0.25, 0.3) is 0 Å². The molecule has 2 amide bonds. The minimum atomic E-state index is 0.0299. The van der Waals surface area contributed by atoms with E-state index in [9.17, 15) is 9.59 Å². The van der Waals surface area contributed by atoms with Crippen molar-refractivity contribution in [1.82, 2.24) is 14.7 Å². The van der Waals surface area contributed by atoms with Crippen LogP contribution in [0.5, 0.6) is 0 Å². The number of piperazine rings is 1. The van der Waals surface area contributed by atoms with Crippen molar-refractivity contribution >= 4 is 17.5 Å². The molecule has 1 unspecified atom stereocenters. The maximum Gasteiger partial charge on any atom is 0.238 e. The van der Waals surface area contributed by atoms with Crippen LogP contribution in [-0.2, 0) is 9.59 Å². The van der Waals surface area contributed by atoms with Crippen molar-refractivity contribution in [1.29, 1.82) is 0 Å². The summed E-state index contributed by atoms with van der Waals surface area (Å²) in [5.74, 6) is 0.306. The summed E-state index contributed by atoms with van der Waals surface area (Å²) >= 11 is 0. The molecular formula is C23H36N4O2. The van der Waals surface area contributed by atoms with Gasteiger partial charge in [0.1, 0.15) is 0 Å². The van der Waals surface area contributed by atoms with Crippen molar-refractivity contribution < 1.29 is 9.59 Å². The minimum Gasteiger partial charge on any atom is -0.339 e. The number of carbonyl (C=O) groups excluding carboxylic acids is 2. The summed E-state index contributed by atoms with van der Waals surface area (Å²) in [7, 11) is 0. The highest BCUT2D eigenvalue weighted by molar-refractivity contribution is 5.93. The van der Waals surface area contributed by atoms with Crippen LogP contribution in [0.1, 0.15) is 43.7 Å². The molecule has 1 aromatic rings. The lowest BCUT2D eigenvalue weighted by Gasteiger charge is -2.38. The zero-order chi connectivity index (χ0) is 20.8. The first-order valence-corrected chi connectivity index (χ1v) is 11.1. The first-order chi connectivity index (χ1) is 14.0. The second-order valence-electron chi connectivity index (χ2n) is 8.49. The second-order valence-corrected chi connectivity index (χ2v) is 8.49. The lowest BCUT2D eigenvalue weighted by atomic mass is 10.00. The molecule has 2 aliphatic rings. The zero-order valence-corrected chi connectivity index (χ0v) is 18.2. The summed E-state index contributed by atoms with van der Waals surface area (Å²) < 4.78 is 0. The Morgan fingerprint density at radius 2 is 1.69 bits per heavy atom. The van der Waals surface area contributed by atoms with Crippen molar-refractivity contribution in [2.24, 2.45) is 0 Å². The van der Waals surface area contributed by atoms with Crippen LogP contribution in [0.15, 0.2) is 18.2 Å². The Morgan fingerprint density at radius 3 is 2.38 bits per heavy atom. The van der Waals surface area contributed by atoms with E-state index in [1.54, 1.807) is 0 Å². The number of carbonyl (C=O) groups is 2. The Hall–Kier alpha value is -1.92. The van der Waals surface area contributed by atoms with Gasteiger partial charge in [-0.15, -0.1) is 0 Å². The van der Waals surface area contributed by atoms with E-state index in [0.717, 1.165) is 63.2 Å². The van der Waals surface area contributed by atoms with E-state index in [1.165, 1.54) is 12.0 Å². The van der Waals surface area contributed by atoms with Crippen LogP contribution in [0, 0.1) is 13.8 Å². The highest BCUT2D eigenvalue weighted by atomic mass is 16.2. The molecule has 0 saturated carbocycles. The average molecular weight is 401 g/mol. The van der Waals surface area contributed by atoms with Crippen molar-refractivity contribution in [2.45, 2.75) is 52.5 Å². The lowest BCUT2D eigenvalue weighted by Crippen LogP contribution is -2.53. The summed E-state index contributed by atoms with van der Waals surface area (Å²) in [5.41, 5.74) is 3.19. The van der Waals surface area contributed by atoms with Gasteiger partial charge in [-0.05, 0) is 56.7 Å². The van der Waals surface area contributed by atoms with E-state index in [4.69, 9.17) is 0 Å². The van der Waals surface area contributed by atoms with Crippen molar-refractivity contribution in [3.05, 3.63) is 29.3 Å². The van der Waals surface area contributed by atoms with Gasteiger partial charge in [-0.3, -0.25) is 19.4 Å². The molecule has 1 atom stereocenters. The lowest BCUT2D eigenvalue weighted by molar-refractivity contribution is -0.136. The zero-order valence-electron chi connectivity index (χ0n) is 18.2. The van der Waals surface area contributed by atoms with E-state index in [-0.39, 0.29) is 11.8 Å². The molecule has 0 aromatic heterocycles. The Bertz CT molecular complexity index is 713. The standard InChI is InChI=1S/C23H36N4O2/c1-4-20-9-5-6-11-27(20)23(29)17-26-14-12-25(13-15-26)16-22(28)24-21-10-7-8-18(2)19(21)3/h7-8,10,20H,4-6,9,11-17H2,1-3H3,(H,24,28). The summed E-state index contributed by atoms with van der Waals surface area (Å²) in [4.78, 5) is 31.7. The van der Waals surface area contributed by atoms with Crippen molar-refractivity contribution in [3.8, 4) is 0 Å². The molecule has 0 radical (unpaired) electrons. The van der Waals surface area contributed by atoms with Gasteiger partial charge in [-0.25, -0.2) is 0 Å². The smallest absolute Gasteiger partial charge is 0.238 e. The first kappa shape index (κ1) is 21.8. The molecule has 2 fully saturated rings. The molecule has 6 heteroatoms. The van der Waals surface area contributed by atoms with Gasteiger partial charge in [0.15, 0.2) is 0 Å². The molecule has 0 bridgehead atoms. The highest BCUT2D eigenvalue weighted by Gasteiger charge is 2.28. The monoisotopic (exact) mass is 400 g/mol. The normalized spacial score (nSPS) is 21.2. The number of hydrogen-bond donors (Lipinski definition) is 1. The summed E-state index contributed by atoms with van der Waals surface area (Å²) in [6.07, 6.45) is 4.57. The van der Waals surface area contributed by atoms with Gasteiger partial charge in [-0.1, -0.05) is 19.1 Å². The molecule has 0 spiro atoms. The van der Waals surface area contributed by atoms with E-state index in [1.807, 2.05) is 19.1 Å². The number of piperidine rings is 1. The number of anilines is 1. The van der Waals surface area contributed by atoms with Crippen LogP contribution in [0.4, 0.5) is 5.69 Å². The maximum atomic E-state index is 12.8. The predicted octanol–water partition coefficient (Wildman–Crippen LogP) is 2.65. The molecular weight excluding hydrogens is 364 g/mol. The molecule has 2 saturated heterocycles. The Kier molecular flexibility index (Phi) is 7.67. The summed E-state index contributed by atoms with van der Waals surface area (Å²) in [6.45, 7) is 11.4. The molecule has 3 rings (SSSR count). The summed E-state index contributed by atoms with van der Waals surface area (Å²) in [6, 6.07) is 6.40. The fraction of sp³-hybridized carbons (Fsp3) is 0.652. The van der Waals surface area contributed by atoms with Crippen LogP contribution < -0.4 is 5.32 Å². The third-order valence-electron chi connectivity index (χ3n) is 6.49. The minimum absolute atomic E-state index is 0.0299. The molecule has 1 N–H and O–H groups in total. The van der Waals surface area contributed by atoms with Gasteiger partial charge in [0.05, 0.1) is 13.1 Å². The predicted molar refractivity (Wildman–Crippen MR) is 117 cm³/mol. The van der Waals surface area contributed by atoms with Gasteiger partial charge >= 0.3 is 0 Å². The Balaban J connectivity index is 1.42. The molecule has 0 aliphatic carbocycles. The van der Waals surface area contributed by atoms with Gasteiger partial charge < -0.3 is 10.2 Å². The van der Waals surface area contributed by atoms with E-state index >= 15 is 0 Å². The fourth-order valence-electron chi connectivity index (χ4n) is 4.42. The summed E-state index contributed by atoms with van der Waals surface area (Å²) in [5, 5.41) is 3.04. The molecule has 2 heterocycles. The van der Waals surface area contributed by atoms with E-state index < -0.39 is 0 Å². The number of rotatable bonds is 6. The van der Waals surface area contributed by atoms with Gasteiger partial charge in [-0.2, -0.15) is 0 Å². The van der Waals surface area contributed by atoms with Crippen LogP contribution in [0.2, 0.25) is 0 Å².